The predicted octanol–water partition coefficient (Wildman–Crippen LogP) is 3.78. The smallest absolute Gasteiger partial charge is 0.180 e. The van der Waals surface area contributed by atoms with Crippen LogP contribution in [0.2, 0.25) is 0 Å². The summed E-state index contributed by atoms with van der Waals surface area (Å²) in [5.41, 5.74) is 11.5. The van der Waals surface area contributed by atoms with E-state index in [-0.39, 0.29) is 5.52 Å². The van der Waals surface area contributed by atoms with E-state index >= 15 is 0 Å². The molecule has 6 rings (SSSR count). The molecule has 9 nitrogen and oxygen atoms in total. The summed E-state index contributed by atoms with van der Waals surface area (Å²) in [5.74, 6) is 0.0489. The Hall–Kier alpha value is -4.60. The van der Waals surface area contributed by atoms with Gasteiger partial charge in [-0.2, -0.15) is 5.10 Å². The maximum atomic E-state index is 14.9. The van der Waals surface area contributed by atoms with Gasteiger partial charge < -0.3 is 15.3 Å². The first-order valence-corrected chi connectivity index (χ1v) is 9.81. The number of fused-ring (bicyclic) bond motifs is 2. The highest BCUT2D eigenvalue weighted by Crippen LogP contribution is 2.32. The van der Waals surface area contributed by atoms with Crippen LogP contribution < -0.4 is 5.73 Å². The number of aromatic amines is 2. The lowest BCUT2D eigenvalue weighted by molar-refractivity contribution is 0.636. The molecular formula is C22H16FN9. The van der Waals surface area contributed by atoms with Gasteiger partial charge in [0.2, 0.25) is 0 Å². The van der Waals surface area contributed by atoms with E-state index in [9.17, 15) is 4.39 Å². The molecule has 156 valence electrons. The molecule has 0 amide bonds. The van der Waals surface area contributed by atoms with Crippen LogP contribution in [0.5, 0.6) is 0 Å². The summed E-state index contributed by atoms with van der Waals surface area (Å²) in [5, 5.41) is 7.66. The van der Waals surface area contributed by atoms with Gasteiger partial charge in [0.15, 0.2) is 17.3 Å². The minimum Gasteiger partial charge on any atom is -0.397 e. The van der Waals surface area contributed by atoms with Crippen molar-refractivity contribution in [3.63, 3.8) is 0 Å². The van der Waals surface area contributed by atoms with Crippen LogP contribution in [0.3, 0.4) is 0 Å². The van der Waals surface area contributed by atoms with Gasteiger partial charge in [-0.3, -0.25) is 10.1 Å². The Morgan fingerprint density at radius 3 is 2.81 bits per heavy atom. The van der Waals surface area contributed by atoms with E-state index in [1.165, 1.54) is 6.07 Å². The third-order valence-electron chi connectivity index (χ3n) is 5.30. The van der Waals surface area contributed by atoms with Crippen LogP contribution in [0.15, 0.2) is 55.4 Å². The van der Waals surface area contributed by atoms with E-state index in [0.29, 0.717) is 39.4 Å². The van der Waals surface area contributed by atoms with Crippen LogP contribution in [0.4, 0.5) is 10.1 Å². The zero-order valence-corrected chi connectivity index (χ0v) is 16.8. The second-order valence-electron chi connectivity index (χ2n) is 7.50. The molecule has 0 aliphatic heterocycles. The molecule has 32 heavy (non-hydrogen) atoms. The van der Waals surface area contributed by atoms with Crippen molar-refractivity contribution in [1.82, 2.24) is 39.7 Å². The summed E-state index contributed by atoms with van der Waals surface area (Å²) in [4.78, 5) is 20.7. The van der Waals surface area contributed by atoms with Gasteiger partial charge in [0, 0.05) is 35.7 Å². The molecule has 0 spiro atoms. The molecule has 0 aliphatic carbocycles. The Kier molecular flexibility index (Phi) is 3.81. The molecule has 0 unspecified atom stereocenters. The van der Waals surface area contributed by atoms with Crippen LogP contribution in [0.25, 0.3) is 50.4 Å². The van der Waals surface area contributed by atoms with E-state index < -0.39 is 5.82 Å². The van der Waals surface area contributed by atoms with Crippen molar-refractivity contribution < 1.29 is 4.39 Å². The Morgan fingerprint density at radius 2 is 2.00 bits per heavy atom. The van der Waals surface area contributed by atoms with Crippen LogP contribution in [0, 0.1) is 12.7 Å². The molecule has 1 aromatic carbocycles. The highest BCUT2D eigenvalue weighted by atomic mass is 19.1. The third kappa shape index (κ3) is 2.81. The quantitative estimate of drug-likeness (QED) is 0.396. The van der Waals surface area contributed by atoms with Crippen molar-refractivity contribution >= 4 is 27.8 Å². The second-order valence-corrected chi connectivity index (χ2v) is 7.50. The normalized spacial score (nSPS) is 11.6. The zero-order valence-electron chi connectivity index (χ0n) is 16.8. The largest absolute Gasteiger partial charge is 0.397 e. The van der Waals surface area contributed by atoms with Gasteiger partial charge in [0.25, 0.3) is 0 Å². The zero-order chi connectivity index (χ0) is 21.8. The van der Waals surface area contributed by atoms with Crippen molar-refractivity contribution in [3.8, 4) is 28.3 Å². The van der Waals surface area contributed by atoms with E-state index in [1.54, 1.807) is 31.0 Å². The molecule has 0 saturated heterocycles. The standard InChI is InChI=1S/C22H16FN9/c1-11-9-32(10-27-11)17-2-3-26-21-20(17)28-22(29-21)19-15-5-12(6-16(23)18(15)30-31-19)13-4-14(24)8-25-7-13/h2-10H,24H2,1H3,(H,30,31)(H,26,28,29). The lowest BCUT2D eigenvalue weighted by Crippen LogP contribution is -1.92. The first-order chi connectivity index (χ1) is 15.6. The number of hydrogen-bond donors (Lipinski definition) is 3. The van der Waals surface area contributed by atoms with Gasteiger partial charge in [0.1, 0.15) is 16.7 Å². The summed E-state index contributed by atoms with van der Waals surface area (Å²) in [6.07, 6.45) is 8.52. The van der Waals surface area contributed by atoms with Crippen LogP contribution in [-0.2, 0) is 0 Å². The fourth-order valence-corrected chi connectivity index (χ4v) is 3.82. The van der Waals surface area contributed by atoms with E-state index in [2.05, 4.69) is 35.1 Å². The van der Waals surface area contributed by atoms with Gasteiger partial charge in [-0.15, -0.1) is 0 Å². The number of nitrogen functional groups attached to an aromatic ring is 1. The number of H-pyrrole nitrogens is 2. The van der Waals surface area contributed by atoms with Gasteiger partial charge in [-0.1, -0.05) is 0 Å². The Morgan fingerprint density at radius 1 is 1.09 bits per heavy atom. The first kappa shape index (κ1) is 18.2. The van der Waals surface area contributed by atoms with Crippen LogP contribution in [-0.4, -0.2) is 39.7 Å². The van der Waals surface area contributed by atoms with Gasteiger partial charge >= 0.3 is 0 Å². The van der Waals surface area contributed by atoms with Crippen molar-refractivity contribution in [2.75, 3.05) is 5.73 Å². The lowest BCUT2D eigenvalue weighted by atomic mass is 10.0. The summed E-state index contributed by atoms with van der Waals surface area (Å²) in [7, 11) is 0. The molecule has 0 radical (unpaired) electrons. The topological polar surface area (TPSA) is 127 Å². The van der Waals surface area contributed by atoms with Crippen molar-refractivity contribution in [1.29, 1.82) is 0 Å². The Bertz CT molecular complexity index is 1630. The monoisotopic (exact) mass is 425 g/mol. The highest BCUT2D eigenvalue weighted by molar-refractivity contribution is 5.96. The summed E-state index contributed by atoms with van der Waals surface area (Å²) < 4.78 is 16.8. The highest BCUT2D eigenvalue weighted by Gasteiger charge is 2.18. The van der Waals surface area contributed by atoms with Crippen molar-refractivity contribution in [3.05, 3.63) is 66.9 Å². The Balaban J connectivity index is 1.54. The van der Waals surface area contributed by atoms with Gasteiger partial charge in [0.05, 0.1) is 23.4 Å². The van der Waals surface area contributed by atoms with Gasteiger partial charge in [-0.05, 0) is 36.8 Å². The lowest BCUT2D eigenvalue weighted by Gasteiger charge is -2.04. The number of halogens is 1. The number of rotatable bonds is 3. The van der Waals surface area contributed by atoms with E-state index in [4.69, 9.17) is 5.73 Å². The Labute approximate surface area is 180 Å². The predicted molar refractivity (Wildman–Crippen MR) is 118 cm³/mol. The molecule has 6 aromatic rings. The van der Waals surface area contributed by atoms with Crippen molar-refractivity contribution in [2.24, 2.45) is 0 Å². The number of hydrogen-bond acceptors (Lipinski definition) is 6. The minimum absolute atomic E-state index is 0.222. The number of aromatic nitrogens is 8. The number of imidazole rings is 2. The third-order valence-corrected chi connectivity index (χ3v) is 5.30. The molecule has 0 fully saturated rings. The molecule has 10 heteroatoms. The number of aryl methyl sites for hydroxylation is 1. The fraction of sp³-hybridized carbons (Fsp3) is 0.0455. The molecular weight excluding hydrogens is 409 g/mol. The molecule has 5 heterocycles. The van der Waals surface area contributed by atoms with Gasteiger partial charge in [-0.25, -0.2) is 19.3 Å². The maximum absolute atomic E-state index is 14.9. The molecule has 0 saturated carbocycles. The van der Waals surface area contributed by atoms with Crippen LogP contribution in [0.1, 0.15) is 5.69 Å². The molecule has 0 aliphatic rings. The number of nitrogens with one attached hydrogen (secondary N) is 2. The SMILES string of the molecule is Cc1cn(-c2ccnc3nc(-c4[nH]nc5c(F)cc(-c6cncc(N)c6)cc45)[nH]c23)cn1. The molecule has 5 aromatic heterocycles. The van der Waals surface area contributed by atoms with Crippen molar-refractivity contribution in [2.45, 2.75) is 6.92 Å². The molecule has 4 N–H and O–H groups in total. The fourth-order valence-electron chi connectivity index (χ4n) is 3.82. The maximum Gasteiger partial charge on any atom is 0.180 e. The number of nitrogens with two attached hydrogens (primary N) is 1. The summed E-state index contributed by atoms with van der Waals surface area (Å²) >= 11 is 0. The summed E-state index contributed by atoms with van der Waals surface area (Å²) in [6, 6.07) is 6.89. The number of anilines is 1. The van der Waals surface area contributed by atoms with E-state index in [1.807, 2.05) is 29.8 Å². The van der Waals surface area contributed by atoms with E-state index in [0.717, 1.165) is 16.9 Å². The second kappa shape index (κ2) is 6.71. The summed E-state index contributed by atoms with van der Waals surface area (Å²) in [6.45, 7) is 1.92. The molecule has 0 atom stereocenters. The number of benzene rings is 1. The molecule has 0 bridgehead atoms. The number of pyridine rings is 2. The number of nitrogens with zero attached hydrogens (tertiary/aromatic N) is 6. The first-order valence-electron chi connectivity index (χ1n) is 9.81. The van der Waals surface area contributed by atoms with Crippen LogP contribution >= 0.6 is 0 Å². The average Bonchev–Trinajstić information content (AvgIpc) is 3.50. The minimum atomic E-state index is -0.453. The average molecular weight is 425 g/mol.